The minimum absolute atomic E-state index is 0.0445. The van der Waals surface area contributed by atoms with E-state index in [4.69, 9.17) is 21.1 Å². The standard InChI is InChI=1S/C20H17ClN2O5/c1-27-16-10-13(9-15(21)17(16)28-2)8-14-18(24)22-20(26)23(19(14)25)11-12-6-4-3-5-7-12/h3-10H,11H2,1-2H3,(H,22,24,26). The van der Waals surface area contributed by atoms with E-state index in [-0.39, 0.29) is 17.1 Å². The molecule has 1 fully saturated rings. The fourth-order valence-electron chi connectivity index (χ4n) is 2.79. The highest BCUT2D eigenvalue weighted by atomic mass is 35.5. The van der Waals surface area contributed by atoms with Crippen molar-refractivity contribution in [3.8, 4) is 11.5 Å². The minimum Gasteiger partial charge on any atom is -0.493 e. The van der Waals surface area contributed by atoms with E-state index in [2.05, 4.69) is 5.32 Å². The van der Waals surface area contributed by atoms with Crippen molar-refractivity contribution in [1.82, 2.24) is 10.2 Å². The summed E-state index contributed by atoms with van der Waals surface area (Å²) in [6, 6.07) is 11.4. The molecule has 0 saturated carbocycles. The van der Waals surface area contributed by atoms with E-state index in [0.29, 0.717) is 17.1 Å². The molecule has 8 heteroatoms. The molecule has 1 heterocycles. The SMILES string of the molecule is COc1cc(C=C2C(=O)NC(=O)N(Cc3ccccc3)C2=O)cc(Cl)c1OC. The molecular weight excluding hydrogens is 384 g/mol. The van der Waals surface area contributed by atoms with Gasteiger partial charge >= 0.3 is 6.03 Å². The van der Waals surface area contributed by atoms with Crippen LogP contribution in [0.1, 0.15) is 11.1 Å². The zero-order valence-electron chi connectivity index (χ0n) is 15.2. The molecule has 144 valence electrons. The molecule has 2 aromatic carbocycles. The van der Waals surface area contributed by atoms with Crippen LogP contribution in [0.25, 0.3) is 6.08 Å². The van der Waals surface area contributed by atoms with Gasteiger partial charge in [0.1, 0.15) is 5.57 Å². The lowest BCUT2D eigenvalue weighted by Gasteiger charge is -2.26. The molecule has 0 bridgehead atoms. The molecule has 28 heavy (non-hydrogen) atoms. The molecule has 1 N–H and O–H groups in total. The summed E-state index contributed by atoms with van der Waals surface area (Å²) >= 11 is 6.18. The topological polar surface area (TPSA) is 84.9 Å². The second-order valence-electron chi connectivity index (χ2n) is 5.93. The van der Waals surface area contributed by atoms with Crippen LogP contribution in [0, 0.1) is 0 Å². The Labute approximate surface area is 166 Å². The van der Waals surface area contributed by atoms with Crippen LogP contribution in [0.5, 0.6) is 11.5 Å². The van der Waals surface area contributed by atoms with Gasteiger partial charge in [0, 0.05) is 0 Å². The second-order valence-corrected chi connectivity index (χ2v) is 6.34. The zero-order valence-corrected chi connectivity index (χ0v) is 15.9. The van der Waals surface area contributed by atoms with E-state index in [9.17, 15) is 14.4 Å². The van der Waals surface area contributed by atoms with Crippen LogP contribution in [-0.2, 0) is 16.1 Å². The molecule has 1 aliphatic heterocycles. The molecule has 7 nitrogen and oxygen atoms in total. The van der Waals surface area contributed by atoms with Crippen molar-refractivity contribution in [1.29, 1.82) is 0 Å². The third kappa shape index (κ3) is 3.84. The van der Waals surface area contributed by atoms with Gasteiger partial charge in [0.15, 0.2) is 11.5 Å². The van der Waals surface area contributed by atoms with Crippen LogP contribution < -0.4 is 14.8 Å². The van der Waals surface area contributed by atoms with Crippen molar-refractivity contribution in [3.63, 3.8) is 0 Å². The van der Waals surface area contributed by atoms with Crippen LogP contribution in [0.4, 0.5) is 4.79 Å². The summed E-state index contributed by atoms with van der Waals surface area (Å²) in [4.78, 5) is 38.2. The van der Waals surface area contributed by atoms with E-state index in [1.54, 1.807) is 30.3 Å². The molecule has 0 aromatic heterocycles. The van der Waals surface area contributed by atoms with Crippen molar-refractivity contribution in [2.75, 3.05) is 14.2 Å². The average molecular weight is 401 g/mol. The van der Waals surface area contributed by atoms with Gasteiger partial charge in [-0.1, -0.05) is 41.9 Å². The number of amides is 4. The molecule has 0 radical (unpaired) electrons. The lowest BCUT2D eigenvalue weighted by Crippen LogP contribution is -2.53. The van der Waals surface area contributed by atoms with E-state index < -0.39 is 17.8 Å². The fraction of sp³-hybridized carbons (Fsp3) is 0.150. The number of urea groups is 1. The van der Waals surface area contributed by atoms with Crippen molar-refractivity contribution >= 4 is 35.5 Å². The Morgan fingerprint density at radius 2 is 1.79 bits per heavy atom. The van der Waals surface area contributed by atoms with Crippen LogP contribution in [0.2, 0.25) is 5.02 Å². The van der Waals surface area contributed by atoms with E-state index in [1.807, 2.05) is 6.07 Å². The van der Waals surface area contributed by atoms with Gasteiger partial charge in [-0.15, -0.1) is 0 Å². The summed E-state index contributed by atoms with van der Waals surface area (Å²) in [6.45, 7) is 0.0445. The van der Waals surface area contributed by atoms with Gasteiger partial charge in [-0.25, -0.2) is 4.79 Å². The number of carbonyl (C=O) groups excluding carboxylic acids is 3. The highest BCUT2D eigenvalue weighted by Crippen LogP contribution is 2.36. The quantitative estimate of drug-likeness (QED) is 0.616. The van der Waals surface area contributed by atoms with E-state index in [0.717, 1.165) is 10.5 Å². The molecule has 0 unspecified atom stereocenters. The number of imide groups is 2. The highest BCUT2D eigenvalue weighted by molar-refractivity contribution is 6.33. The van der Waals surface area contributed by atoms with Gasteiger partial charge in [-0.3, -0.25) is 19.8 Å². The number of methoxy groups -OCH3 is 2. The maximum absolute atomic E-state index is 12.8. The normalized spacial score (nSPS) is 15.6. The van der Waals surface area contributed by atoms with Crippen molar-refractivity contribution in [2.45, 2.75) is 6.54 Å². The Balaban J connectivity index is 1.96. The van der Waals surface area contributed by atoms with Gasteiger partial charge in [0.05, 0.1) is 25.8 Å². The first-order chi connectivity index (χ1) is 13.4. The Morgan fingerprint density at radius 3 is 2.43 bits per heavy atom. The van der Waals surface area contributed by atoms with Gasteiger partial charge in [-0.2, -0.15) is 0 Å². The molecule has 0 spiro atoms. The zero-order chi connectivity index (χ0) is 20.3. The molecule has 3 rings (SSSR count). The third-order valence-corrected chi connectivity index (χ3v) is 4.42. The first-order valence-electron chi connectivity index (χ1n) is 8.29. The molecule has 0 atom stereocenters. The summed E-state index contributed by atoms with van der Waals surface area (Å²) in [5.41, 5.74) is 1.03. The monoisotopic (exact) mass is 400 g/mol. The summed E-state index contributed by atoms with van der Waals surface area (Å²) in [5, 5.41) is 2.45. The summed E-state index contributed by atoms with van der Waals surface area (Å²) in [5.74, 6) is -0.775. The summed E-state index contributed by atoms with van der Waals surface area (Å²) in [7, 11) is 2.90. The Morgan fingerprint density at radius 1 is 1.07 bits per heavy atom. The van der Waals surface area contributed by atoms with Gasteiger partial charge in [0.25, 0.3) is 11.8 Å². The number of rotatable bonds is 5. The van der Waals surface area contributed by atoms with Crippen molar-refractivity contribution < 1.29 is 23.9 Å². The molecule has 0 aliphatic carbocycles. The predicted octanol–water partition coefficient (Wildman–Crippen LogP) is 3.02. The highest BCUT2D eigenvalue weighted by Gasteiger charge is 2.35. The van der Waals surface area contributed by atoms with E-state index >= 15 is 0 Å². The van der Waals surface area contributed by atoms with Gasteiger partial charge in [0.2, 0.25) is 0 Å². The smallest absolute Gasteiger partial charge is 0.331 e. The number of barbiturate groups is 1. The number of hydrogen-bond donors (Lipinski definition) is 1. The molecule has 2 aromatic rings. The Bertz CT molecular complexity index is 972. The number of benzene rings is 2. The van der Waals surface area contributed by atoms with Gasteiger partial charge < -0.3 is 9.47 Å². The first kappa shape index (κ1) is 19.4. The van der Waals surface area contributed by atoms with Crippen molar-refractivity contribution in [2.24, 2.45) is 0 Å². The summed E-state index contributed by atoms with van der Waals surface area (Å²) in [6.07, 6.45) is 1.36. The maximum Gasteiger partial charge on any atom is 0.331 e. The largest absolute Gasteiger partial charge is 0.493 e. The maximum atomic E-state index is 12.8. The fourth-order valence-corrected chi connectivity index (χ4v) is 3.09. The number of ether oxygens (including phenoxy) is 2. The van der Waals surface area contributed by atoms with Crippen LogP contribution in [0.3, 0.4) is 0 Å². The third-order valence-electron chi connectivity index (χ3n) is 4.14. The van der Waals surface area contributed by atoms with Crippen LogP contribution in [-0.4, -0.2) is 37.0 Å². The van der Waals surface area contributed by atoms with Crippen LogP contribution in [0.15, 0.2) is 48.0 Å². The average Bonchev–Trinajstić information content (AvgIpc) is 2.68. The molecule has 1 saturated heterocycles. The van der Waals surface area contributed by atoms with Crippen molar-refractivity contribution in [3.05, 3.63) is 64.2 Å². The number of nitrogens with one attached hydrogen (secondary N) is 1. The second kappa shape index (κ2) is 8.14. The van der Waals surface area contributed by atoms with Crippen LogP contribution >= 0.6 is 11.6 Å². The Kier molecular flexibility index (Phi) is 5.65. The number of hydrogen-bond acceptors (Lipinski definition) is 5. The molecule has 4 amide bonds. The number of nitrogens with zero attached hydrogens (tertiary/aromatic N) is 1. The number of carbonyl (C=O) groups is 3. The predicted molar refractivity (Wildman–Crippen MR) is 103 cm³/mol. The molecule has 1 aliphatic rings. The lowest BCUT2D eigenvalue weighted by atomic mass is 10.1. The first-order valence-corrected chi connectivity index (χ1v) is 8.66. The van der Waals surface area contributed by atoms with Gasteiger partial charge in [-0.05, 0) is 29.3 Å². The summed E-state index contributed by atoms with van der Waals surface area (Å²) < 4.78 is 10.4. The van der Waals surface area contributed by atoms with E-state index in [1.165, 1.54) is 26.4 Å². The minimum atomic E-state index is -0.773. The molecular formula is C20H17ClN2O5. The Hall–Kier alpha value is -3.32. The lowest BCUT2D eigenvalue weighted by molar-refractivity contribution is -0.130. The number of halogens is 1.